The van der Waals surface area contributed by atoms with Gasteiger partial charge in [-0.15, -0.1) is 11.8 Å². The molecule has 0 spiro atoms. The number of halogens is 1. The van der Waals surface area contributed by atoms with Crippen molar-refractivity contribution in [3.05, 3.63) is 93.2 Å². The van der Waals surface area contributed by atoms with Crippen LogP contribution < -0.4 is 15.2 Å². The van der Waals surface area contributed by atoms with Gasteiger partial charge in [-0.05, 0) is 34.9 Å². The van der Waals surface area contributed by atoms with Gasteiger partial charge in [0.05, 0.1) is 26.4 Å². The maximum atomic E-state index is 14.4. The second-order valence-electron chi connectivity index (χ2n) is 9.07. The Balaban J connectivity index is 1.56. The molecule has 0 aliphatic carbocycles. The lowest BCUT2D eigenvalue weighted by molar-refractivity contribution is -0.0209. The minimum Gasteiger partial charge on any atom is -0.451 e. The Bertz CT molecular complexity index is 1510. The molecule has 10 nitrogen and oxygen atoms in total. The number of thioether (sulfide) groups is 1. The average molecular weight is 554 g/mol. The molecule has 202 valence electrons. The van der Waals surface area contributed by atoms with E-state index in [9.17, 15) is 18.8 Å². The SMILES string of the molecule is COC(=O)OCOc1c2n(ccc1=O)N(C1c3ccc(F)cc3CSc3ccccc31)C1COCCN1C2=O. The van der Waals surface area contributed by atoms with Gasteiger partial charge in [0.2, 0.25) is 18.0 Å². The lowest BCUT2D eigenvalue weighted by atomic mass is 9.93. The molecule has 3 aliphatic rings. The van der Waals surface area contributed by atoms with Crippen LogP contribution in [0.5, 0.6) is 5.75 Å². The second kappa shape index (κ2) is 10.3. The fraction of sp³-hybridized carbons (Fsp3) is 0.296. The summed E-state index contributed by atoms with van der Waals surface area (Å²) in [5.74, 6) is -0.437. The summed E-state index contributed by atoms with van der Waals surface area (Å²) in [5.41, 5.74) is 2.11. The number of hydrogen-bond acceptors (Lipinski definition) is 9. The maximum absolute atomic E-state index is 14.4. The van der Waals surface area contributed by atoms with Gasteiger partial charge in [-0.3, -0.25) is 19.3 Å². The number of benzene rings is 2. The summed E-state index contributed by atoms with van der Waals surface area (Å²) >= 11 is 1.61. The average Bonchev–Trinajstić information content (AvgIpc) is 3.11. The van der Waals surface area contributed by atoms with Crippen molar-refractivity contribution in [3.63, 3.8) is 0 Å². The van der Waals surface area contributed by atoms with Crippen molar-refractivity contribution in [1.82, 2.24) is 9.58 Å². The van der Waals surface area contributed by atoms with E-state index in [2.05, 4.69) is 4.74 Å². The maximum Gasteiger partial charge on any atom is 0.510 e. The molecule has 39 heavy (non-hydrogen) atoms. The number of fused-ring (bicyclic) bond motifs is 4. The number of carbonyl (C=O) groups excluding carboxylic acids is 2. The highest BCUT2D eigenvalue weighted by Crippen LogP contribution is 2.44. The fourth-order valence-corrected chi connectivity index (χ4v) is 6.35. The zero-order chi connectivity index (χ0) is 27.1. The number of rotatable bonds is 4. The molecule has 1 saturated heterocycles. The topological polar surface area (TPSA) is 99.5 Å². The van der Waals surface area contributed by atoms with Crippen molar-refractivity contribution >= 4 is 23.8 Å². The van der Waals surface area contributed by atoms with Gasteiger partial charge < -0.3 is 23.8 Å². The summed E-state index contributed by atoms with van der Waals surface area (Å²) in [7, 11) is 1.15. The van der Waals surface area contributed by atoms with Crippen LogP contribution in [0.1, 0.15) is 33.2 Å². The molecule has 0 saturated carbocycles. The minimum absolute atomic E-state index is 0.00726. The summed E-state index contributed by atoms with van der Waals surface area (Å²) < 4.78 is 36.7. The highest BCUT2D eigenvalue weighted by molar-refractivity contribution is 7.98. The Hall–Kier alpha value is -4.03. The Morgan fingerprint density at radius 3 is 2.85 bits per heavy atom. The highest BCUT2D eigenvalue weighted by atomic mass is 32.2. The number of methoxy groups -OCH3 is 1. The van der Waals surface area contributed by atoms with E-state index in [0.717, 1.165) is 28.7 Å². The third-order valence-corrected chi connectivity index (χ3v) is 8.10. The van der Waals surface area contributed by atoms with Crippen molar-refractivity contribution in [2.45, 2.75) is 22.9 Å². The minimum atomic E-state index is -0.988. The van der Waals surface area contributed by atoms with Crippen molar-refractivity contribution in [3.8, 4) is 5.75 Å². The first-order valence-corrected chi connectivity index (χ1v) is 13.2. The van der Waals surface area contributed by atoms with Crippen molar-refractivity contribution in [2.24, 2.45) is 0 Å². The van der Waals surface area contributed by atoms with E-state index in [0.29, 0.717) is 18.9 Å². The van der Waals surface area contributed by atoms with E-state index >= 15 is 0 Å². The monoisotopic (exact) mass is 553 g/mol. The summed E-state index contributed by atoms with van der Waals surface area (Å²) in [6.07, 6.45) is 0.0105. The lowest BCUT2D eigenvalue weighted by Gasteiger charge is -2.51. The Morgan fingerprint density at radius 2 is 2.00 bits per heavy atom. The predicted octanol–water partition coefficient (Wildman–Crippen LogP) is 3.25. The quantitative estimate of drug-likeness (QED) is 0.356. The number of ether oxygens (including phenoxy) is 4. The van der Waals surface area contributed by atoms with Crippen LogP contribution in [-0.4, -0.2) is 61.5 Å². The number of carbonyl (C=O) groups is 2. The molecule has 0 N–H and O–H groups in total. The predicted molar refractivity (Wildman–Crippen MR) is 138 cm³/mol. The van der Waals surface area contributed by atoms with Gasteiger partial charge >= 0.3 is 6.16 Å². The first-order valence-electron chi connectivity index (χ1n) is 12.2. The molecule has 3 aromatic rings. The van der Waals surface area contributed by atoms with Gasteiger partial charge in [0.1, 0.15) is 12.0 Å². The Morgan fingerprint density at radius 1 is 1.15 bits per heavy atom. The van der Waals surface area contributed by atoms with Crippen LogP contribution in [0.4, 0.5) is 9.18 Å². The molecule has 1 aromatic heterocycles. The van der Waals surface area contributed by atoms with E-state index in [4.69, 9.17) is 14.2 Å². The van der Waals surface area contributed by atoms with E-state index in [1.807, 2.05) is 29.3 Å². The molecule has 2 atom stereocenters. The normalized spacial score (nSPS) is 19.7. The molecule has 6 rings (SSSR count). The van der Waals surface area contributed by atoms with Crippen LogP contribution >= 0.6 is 11.8 Å². The molecule has 1 fully saturated rings. The first-order chi connectivity index (χ1) is 19.0. The van der Waals surface area contributed by atoms with Gasteiger partial charge in [0.25, 0.3) is 5.91 Å². The molecule has 0 bridgehead atoms. The molecule has 0 radical (unpaired) electrons. The van der Waals surface area contributed by atoms with Gasteiger partial charge in [-0.1, -0.05) is 24.3 Å². The molecule has 3 aliphatic heterocycles. The van der Waals surface area contributed by atoms with Gasteiger partial charge in [-0.2, -0.15) is 0 Å². The molecular formula is C27H24FN3O7S. The second-order valence-corrected chi connectivity index (χ2v) is 10.1. The first kappa shape index (κ1) is 25.3. The smallest absolute Gasteiger partial charge is 0.451 e. The van der Waals surface area contributed by atoms with Gasteiger partial charge in [0, 0.05) is 29.5 Å². The molecule has 2 aromatic carbocycles. The molecule has 4 heterocycles. The van der Waals surface area contributed by atoms with E-state index < -0.39 is 36.5 Å². The Labute approximate surface area is 226 Å². The highest BCUT2D eigenvalue weighted by Gasteiger charge is 2.46. The van der Waals surface area contributed by atoms with Gasteiger partial charge in [0.15, 0.2) is 5.69 Å². The Kier molecular flexibility index (Phi) is 6.65. The standard InChI is InChI=1S/C27H24FN3O7S/c1-35-27(34)38-15-37-25-20(32)8-9-30-24(25)26(33)29-10-11-36-13-22(29)31(30)23-18-7-6-17(28)12-16(18)14-39-21-5-3-2-4-19(21)23/h2-9,12,22-23H,10-11,13-15H2,1H3. The number of aromatic nitrogens is 1. The summed E-state index contributed by atoms with van der Waals surface area (Å²) in [4.78, 5) is 40.9. The van der Waals surface area contributed by atoms with Crippen molar-refractivity contribution in [1.29, 1.82) is 0 Å². The molecule has 12 heteroatoms. The van der Waals surface area contributed by atoms with Crippen LogP contribution in [0.15, 0.2) is 64.4 Å². The molecular weight excluding hydrogens is 529 g/mol. The van der Waals surface area contributed by atoms with Crippen LogP contribution in [0.2, 0.25) is 0 Å². The zero-order valence-corrected chi connectivity index (χ0v) is 21.7. The fourth-order valence-electron chi connectivity index (χ4n) is 5.27. The number of pyridine rings is 1. The van der Waals surface area contributed by atoms with Crippen LogP contribution in [0.25, 0.3) is 0 Å². The van der Waals surface area contributed by atoms with Crippen LogP contribution in [0, 0.1) is 5.82 Å². The van der Waals surface area contributed by atoms with E-state index in [1.165, 1.54) is 24.4 Å². The lowest BCUT2D eigenvalue weighted by Crippen LogP contribution is -2.66. The summed E-state index contributed by atoms with van der Waals surface area (Å²) in [6, 6.07) is 13.5. The van der Waals surface area contributed by atoms with Gasteiger partial charge in [-0.25, -0.2) is 9.18 Å². The molecule has 1 amide bonds. The van der Waals surface area contributed by atoms with Crippen LogP contribution in [0.3, 0.4) is 0 Å². The van der Waals surface area contributed by atoms with Crippen molar-refractivity contribution in [2.75, 3.05) is 38.7 Å². The number of amides is 1. The summed E-state index contributed by atoms with van der Waals surface area (Å²) in [6.45, 7) is 0.222. The number of hydrogen-bond donors (Lipinski definition) is 0. The largest absolute Gasteiger partial charge is 0.510 e. The number of morpholine rings is 1. The van der Waals surface area contributed by atoms with E-state index in [1.54, 1.807) is 27.4 Å². The molecule has 2 unspecified atom stereocenters. The van der Waals surface area contributed by atoms with Crippen molar-refractivity contribution < 1.29 is 32.9 Å². The third-order valence-electron chi connectivity index (χ3n) is 6.96. The van der Waals surface area contributed by atoms with E-state index in [-0.39, 0.29) is 23.9 Å². The third kappa shape index (κ3) is 4.39. The number of nitrogens with zero attached hydrogens (tertiary/aromatic N) is 3. The van der Waals surface area contributed by atoms with Crippen LogP contribution in [-0.2, 0) is 20.0 Å². The zero-order valence-electron chi connectivity index (χ0n) is 20.9. The summed E-state index contributed by atoms with van der Waals surface area (Å²) in [5, 5.41) is 1.98.